The Balaban J connectivity index is 2.02. The second-order valence-corrected chi connectivity index (χ2v) is 5.30. The number of anilines is 1. The Morgan fingerprint density at radius 3 is 3.24 bits per heavy atom. The molecule has 0 aliphatic carbocycles. The van der Waals surface area contributed by atoms with Crippen molar-refractivity contribution in [3.8, 4) is 0 Å². The molecule has 96 valence electrons. The highest BCUT2D eigenvalue weighted by Gasteiger charge is 2.20. The van der Waals surface area contributed by atoms with Crippen LogP contribution in [0.4, 0.5) is 5.13 Å². The number of hydrogen-bond donors (Lipinski definition) is 1. The molecule has 2 atom stereocenters. The Bertz CT molecular complexity index is 355. The molecule has 2 unspecified atom stereocenters. The Morgan fingerprint density at radius 2 is 2.53 bits per heavy atom. The van der Waals surface area contributed by atoms with Crippen LogP contribution in [0.3, 0.4) is 0 Å². The average Bonchev–Trinajstić information content (AvgIpc) is 2.78. The van der Waals surface area contributed by atoms with Gasteiger partial charge in [-0.2, -0.15) is 0 Å². The molecule has 2 rings (SSSR count). The van der Waals surface area contributed by atoms with Crippen LogP contribution in [0.1, 0.15) is 32.5 Å². The van der Waals surface area contributed by atoms with E-state index in [4.69, 9.17) is 9.72 Å². The molecule has 1 saturated heterocycles. The minimum absolute atomic E-state index is 0.308. The zero-order chi connectivity index (χ0) is 12.3. The first-order chi connectivity index (χ1) is 8.20. The molecule has 17 heavy (non-hydrogen) atoms. The number of rotatable bonds is 4. The zero-order valence-corrected chi connectivity index (χ0v) is 11.6. The first kappa shape index (κ1) is 12.8. The van der Waals surface area contributed by atoms with E-state index in [9.17, 15) is 0 Å². The number of nitrogens with one attached hydrogen (secondary N) is 1. The van der Waals surface area contributed by atoms with Gasteiger partial charge in [-0.25, -0.2) is 4.98 Å². The Labute approximate surface area is 107 Å². The fourth-order valence-corrected chi connectivity index (χ4v) is 2.98. The lowest BCUT2D eigenvalue weighted by Crippen LogP contribution is -2.41. The highest BCUT2D eigenvalue weighted by atomic mass is 32.1. The van der Waals surface area contributed by atoms with Gasteiger partial charge < -0.3 is 15.0 Å². The molecule has 5 heteroatoms. The van der Waals surface area contributed by atoms with Crippen molar-refractivity contribution in [3.63, 3.8) is 0 Å². The molecule has 1 aliphatic rings. The summed E-state index contributed by atoms with van der Waals surface area (Å²) in [6, 6.07) is 0.337. The standard InChI is InChI=1S/C12H21N3OS/c1-4-13-10(3)11-8-17-12(14-11)15-5-6-16-9(2)7-15/h8-10,13H,4-7H2,1-3H3. The highest BCUT2D eigenvalue weighted by molar-refractivity contribution is 7.13. The highest BCUT2D eigenvalue weighted by Crippen LogP contribution is 2.25. The Kier molecular flexibility index (Phi) is 4.36. The van der Waals surface area contributed by atoms with Crippen LogP contribution in [0.5, 0.6) is 0 Å². The van der Waals surface area contributed by atoms with Crippen molar-refractivity contribution < 1.29 is 4.74 Å². The van der Waals surface area contributed by atoms with Crippen molar-refractivity contribution in [2.75, 3.05) is 31.1 Å². The van der Waals surface area contributed by atoms with E-state index in [0.29, 0.717) is 12.1 Å². The van der Waals surface area contributed by atoms with E-state index in [1.807, 2.05) is 0 Å². The van der Waals surface area contributed by atoms with Crippen LogP contribution in [-0.2, 0) is 4.74 Å². The van der Waals surface area contributed by atoms with Crippen LogP contribution >= 0.6 is 11.3 Å². The molecule has 1 aromatic heterocycles. The van der Waals surface area contributed by atoms with E-state index in [-0.39, 0.29) is 0 Å². The van der Waals surface area contributed by atoms with Gasteiger partial charge in [0.25, 0.3) is 0 Å². The van der Waals surface area contributed by atoms with Crippen molar-refractivity contribution in [1.82, 2.24) is 10.3 Å². The van der Waals surface area contributed by atoms with Crippen molar-refractivity contribution >= 4 is 16.5 Å². The van der Waals surface area contributed by atoms with Gasteiger partial charge in [0.1, 0.15) is 0 Å². The average molecular weight is 255 g/mol. The van der Waals surface area contributed by atoms with Crippen molar-refractivity contribution in [1.29, 1.82) is 0 Å². The summed E-state index contributed by atoms with van der Waals surface area (Å²) >= 11 is 1.73. The molecule has 0 radical (unpaired) electrons. The van der Waals surface area contributed by atoms with Crippen molar-refractivity contribution in [2.24, 2.45) is 0 Å². The van der Waals surface area contributed by atoms with E-state index in [2.05, 4.69) is 36.4 Å². The molecule has 0 spiro atoms. The predicted molar refractivity (Wildman–Crippen MR) is 71.8 cm³/mol. The zero-order valence-electron chi connectivity index (χ0n) is 10.8. The molecular weight excluding hydrogens is 234 g/mol. The normalized spacial score (nSPS) is 22.8. The lowest BCUT2D eigenvalue weighted by atomic mass is 10.2. The summed E-state index contributed by atoms with van der Waals surface area (Å²) in [6.07, 6.45) is 0.308. The van der Waals surface area contributed by atoms with E-state index in [1.54, 1.807) is 11.3 Å². The molecule has 1 aliphatic heterocycles. The third-order valence-corrected chi connectivity index (χ3v) is 3.90. The number of hydrogen-bond acceptors (Lipinski definition) is 5. The van der Waals surface area contributed by atoms with Gasteiger partial charge in [-0.1, -0.05) is 6.92 Å². The van der Waals surface area contributed by atoms with Crippen LogP contribution in [0, 0.1) is 0 Å². The summed E-state index contributed by atoms with van der Waals surface area (Å²) in [6.45, 7) is 10.1. The molecule has 1 fully saturated rings. The Morgan fingerprint density at radius 1 is 1.71 bits per heavy atom. The van der Waals surface area contributed by atoms with Gasteiger partial charge in [-0.15, -0.1) is 11.3 Å². The monoisotopic (exact) mass is 255 g/mol. The Hall–Kier alpha value is -0.650. The minimum Gasteiger partial charge on any atom is -0.375 e. The lowest BCUT2D eigenvalue weighted by Gasteiger charge is -2.30. The molecule has 0 aromatic carbocycles. The van der Waals surface area contributed by atoms with Crippen LogP contribution < -0.4 is 10.2 Å². The number of nitrogens with zero attached hydrogens (tertiary/aromatic N) is 2. The van der Waals surface area contributed by atoms with Crippen LogP contribution in [0.2, 0.25) is 0 Å². The summed E-state index contributed by atoms with van der Waals surface area (Å²) in [5, 5.41) is 6.67. The lowest BCUT2D eigenvalue weighted by molar-refractivity contribution is 0.0532. The number of thiazole rings is 1. The maximum Gasteiger partial charge on any atom is 0.185 e. The second kappa shape index (κ2) is 5.80. The third kappa shape index (κ3) is 3.18. The minimum atomic E-state index is 0.308. The third-order valence-electron chi connectivity index (χ3n) is 2.98. The molecule has 0 bridgehead atoms. The van der Waals surface area contributed by atoms with Crippen molar-refractivity contribution in [2.45, 2.75) is 32.9 Å². The SMILES string of the molecule is CCNC(C)c1csc(N2CCOC(C)C2)n1. The van der Waals surface area contributed by atoms with Crippen molar-refractivity contribution in [3.05, 3.63) is 11.1 Å². The number of aromatic nitrogens is 1. The molecule has 2 heterocycles. The maximum atomic E-state index is 5.55. The second-order valence-electron chi connectivity index (χ2n) is 4.46. The van der Waals surface area contributed by atoms with Gasteiger partial charge in [0, 0.05) is 24.5 Å². The van der Waals surface area contributed by atoms with E-state index in [0.717, 1.165) is 37.1 Å². The van der Waals surface area contributed by atoms with Crippen LogP contribution in [0.25, 0.3) is 0 Å². The summed E-state index contributed by atoms with van der Waals surface area (Å²) in [5.41, 5.74) is 1.14. The molecular formula is C12H21N3OS. The summed E-state index contributed by atoms with van der Waals surface area (Å²) in [4.78, 5) is 7.03. The van der Waals surface area contributed by atoms with Gasteiger partial charge in [-0.3, -0.25) is 0 Å². The van der Waals surface area contributed by atoms with Gasteiger partial charge in [-0.05, 0) is 20.4 Å². The van der Waals surface area contributed by atoms with Crippen LogP contribution in [0.15, 0.2) is 5.38 Å². The fraction of sp³-hybridized carbons (Fsp3) is 0.750. The molecule has 1 aromatic rings. The maximum absolute atomic E-state index is 5.55. The van der Waals surface area contributed by atoms with Gasteiger partial charge in [0.15, 0.2) is 5.13 Å². The largest absolute Gasteiger partial charge is 0.375 e. The van der Waals surface area contributed by atoms with E-state index >= 15 is 0 Å². The topological polar surface area (TPSA) is 37.4 Å². The van der Waals surface area contributed by atoms with Crippen LogP contribution in [-0.4, -0.2) is 37.3 Å². The predicted octanol–water partition coefficient (Wildman–Crippen LogP) is 2.04. The summed E-state index contributed by atoms with van der Waals surface area (Å²) in [7, 11) is 0. The van der Waals surface area contributed by atoms with Gasteiger partial charge >= 0.3 is 0 Å². The van der Waals surface area contributed by atoms with E-state index in [1.165, 1.54) is 0 Å². The summed E-state index contributed by atoms with van der Waals surface area (Å²) in [5.74, 6) is 0. The van der Waals surface area contributed by atoms with Gasteiger partial charge in [0.05, 0.1) is 18.4 Å². The number of morpholine rings is 1. The smallest absolute Gasteiger partial charge is 0.185 e. The molecule has 1 N–H and O–H groups in total. The first-order valence-corrected chi connectivity index (χ1v) is 7.14. The molecule has 4 nitrogen and oxygen atoms in total. The summed E-state index contributed by atoms with van der Waals surface area (Å²) < 4.78 is 5.55. The molecule has 0 amide bonds. The van der Waals surface area contributed by atoms with E-state index < -0.39 is 0 Å². The number of ether oxygens (including phenoxy) is 1. The fourth-order valence-electron chi connectivity index (χ4n) is 2.02. The molecule has 0 saturated carbocycles. The van der Waals surface area contributed by atoms with Gasteiger partial charge in [0.2, 0.25) is 0 Å². The quantitative estimate of drug-likeness (QED) is 0.893. The first-order valence-electron chi connectivity index (χ1n) is 6.26.